The van der Waals surface area contributed by atoms with E-state index in [1.807, 2.05) is 17.9 Å². The smallest absolute Gasteiger partial charge is 0.322 e. The number of pyridine rings is 1. The molecule has 2 aromatic carbocycles. The van der Waals surface area contributed by atoms with E-state index in [9.17, 15) is 22.4 Å². The standard InChI is InChI=1S/C29H21F4N7O/c1-16-6-7-19(37-27(41)24-13-18(8-9-34-24)29(31,32)33)14-20(16)21-12-17-15-36-28(38-23-5-3-2-4-22(23)30)39-25(17)40-11-10-35-26(21)40/h2-9,12-15H,10-11H2,1H3,(H,37,41)(H,36,38,39). The van der Waals surface area contributed by atoms with Crippen molar-refractivity contribution < 1.29 is 22.4 Å². The van der Waals surface area contributed by atoms with Crippen molar-refractivity contribution in [2.45, 2.75) is 13.1 Å². The molecular weight excluding hydrogens is 538 g/mol. The number of halogens is 4. The molecule has 41 heavy (non-hydrogen) atoms. The second-order valence-electron chi connectivity index (χ2n) is 9.40. The number of amides is 1. The number of rotatable bonds is 5. The summed E-state index contributed by atoms with van der Waals surface area (Å²) in [6.07, 6.45) is -0.105. The first-order valence-electron chi connectivity index (χ1n) is 12.6. The summed E-state index contributed by atoms with van der Waals surface area (Å²) in [6, 6.07) is 13.0. The van der Waals surface area contributed by atoms with Gasteiger partial charge in [-0.25, -0.2) is 9.37 Å². The molecule has 1 amide bonds. The summed E-state index contributed by atoms with van der Waals surface area (Å²) < 4.78 is 53.5. The molecule has 206 valence electrons. The van der Waals surface area contributed by atoms with Gasteiger partial charge in [-0.05, 0) is 60.5 Å². The average Bonchev–Trinajstić information content (AvgIpc) is 3.45. The van der Waals surface area contributed by atoms with E-state index in [-0.39, 0.29) is 17.3 Å². The van der Waals surface area contributed by atoms with E-state index in [2.05, 4.69) is 30.6 Å². The van der Waals surface area contributed by atoms with Crippen molar-refractivity contribution in [2.24, 2.45) is 4.99 Å². The zero-order valence-electron chi connectivity index (χ0n) is 21.5. The van der Waals surface area contributed by atoms with E-state index >= 15 is 0 Å². The molecule has 0 radical (unpaired) electrons. The first-order chi connectivity index (χ1) is 19.7. The highest BCUT2D eigenvalue weighted by Gasteiger charge is 2.32. The molecule has 0 fully saturated rings. The Morgan fingerprint density at radius 1 is 1.05 bits per heavy atom. The van der Waals surface area contributed by atoms with Crippen LogP contribution in [0.15, 0.2) is 72.0 Å². The van der Waals surface area contributed by atoms with E-state index < -0.39 is 23.5 Å². The maximum atomic E-state index is 14.1. The second-order valence-corrected chi connectivity index (χ2v) is 9.40. The van der Waals surface area contributed by atoms with Crippen molar-refractivity contribution in [1.82, 2.24) is 15.0 Å². The Labute approximate surface area is 231 Å². The molecule has 0 saturated heterocycles. The van der Waals surface area contributed by atoms with E-state index in [0.29, 0.717) is 36.5 Å². The monoisotopic (exact) mass is 559 g/mol. The summed E-state index contributed by atoms with van der Waals surface area (Å²) in [5, 5.41) is 5.56. The van der Waals surface area contributed by atoms with Gasteiger partial charge in [-0.3, -0.25) is 14.8 Å². The normalized spacial score (nSPS) is 14.1. The first-order valence-corrected chi connectivity index (χ1v) is 12.6. The summed E-state index contributed by atoms with van der Waals surface area (Å²) >= 11 is 0. The third-order valence-corrected chi connectivity index (χ3v) is 6.66. The number of nitrogens with one attached hydrogen (secondary N) is 2. The number of para-hydroxylation sites is 1. The van der Waals surface area contributed by atoms with E-state index in [0.717, 1.165) is 34.5 Å². The SMILES string of the molecule is Cc1ccc(NC(=O)c2cc(C(F)(F)F)ccn2)cc1C1=Cc2cnc(Nc3ccccc3F)nc2N2CCN=C12. The number of hydrogen-bond acceptors (Lipinski definition) is 7. The Morgan fingerprint density at radius 2 is 1.88 bits per heavy atom. The van der Waals surface area contributed by atoms with Crippen LogP contribution in [0.1, 0.15) is 32.7 Å². The van der Waals surface area contributed by atoms with Gasteiger partial charge < -0.3 is 15.5 Å². The topological polar surface area (TPSA) is 95.4 Å². The molecular formula is C29H21F4N7O. The lowest BCUT2D eigenvalue weighted by Crippen LogP contribution is -2.32. The number of anilines is 4. The van der Waals surface area contributed by atoms with Gasteiger partial charge in [0.25, 0.3) is 5.91 Å². The quantitative estimate of drug-likeness (QED) is 0.287. The number of carbonyl (C=O) groups excluding carboxylic acids is 1. The van der Waals surface area contributed by atoms with E-state index in [4.69, 9.17) is 0 Å². The van der Waals surface area contributed by atoms with Crippen LogP contribution in [0.5, 0.6) is 0 Å². The van der Waals surface area contributed by atoms with Crippen LogP contribution in [-0.2, 0) is 6.18 Å². The molecule has 8 nitrogen and oxygen atoms in total. The van der Waals surface area contributed by atoms with Crippen molar-refractivity contribution >= 4 is 46.5 Å². The number of carbonyl (C=O) groups is 1. The van der Waals surface area contributed by atoms with Gasteiger partial charge in [0.2, 0.25) is 5.95 Å². The van der Waals surface area contributed by atoms with Crippen molar-refractivity contribution in [1.29, 1.82) is 0 Å². The molecule has 6 rings (SSSR count). The van der Waals surface area contributed by atoms with Crippen LogP contribution in [0.2, 0.25) is 0 Å². The number of aromatic nitrogens is 3. The van der Waals surface area contributed by atoms with Crippen LogP contribution >= 0.6 is 0 Å². The molecule has 2 aromatic heterocycles. The Bertz CT molecular complexity index is 1750. The van der Waals surface area contributed by atoms with E-state index in [1.165, 1.54) is 6.07 Å². The maximum Gasteiger partial charge on any atom is 0.416 e. The highest BCUT2D eigenvalue weighted by molar-refractivity contribution is 6.36. The number of fused-ring (bicyclic) bond motifs is 3. The highest BCUT2D eigenvalue weighted by Crippen LogP contribution is 2.37. The molecule has 4 heterocycles. The molecule has 0 aliphatic carbocycles. The Balaban J connectivity index is 1.31. The summed E-state index contributed by atoms with van der Waals surface area (Å²) in [5.41, 5.74) is 2.49. The number of aryl methyl sites for hydroxylation is 1. The number of aliphatic imine (C=N–C) groups is 1. The zero-order valence-corrected chi connectivity index (χ0v) is 21.5. The lowest BCUT2D eigenvalue weighted by atomic mass is 9.94. The number of nitrogens with zero attached hydrogens (tertiary/aromatic N) is 5. The maximum absolute atomic E-state index is 14.1. The van der Waals surface area contributed by atoms with Gasteiger partial charge in [0.15, 0.2) is 0 Å². The van der Waals surface area contributed by atoms with Crippen molar-refractivity contribution in [3.8, 4) is 0 Å². The van der Waals surface area contributed by atoms with Crippen molar-refractivity contribution in [2.75, 3.05) is 28.6 Å². The van der Waals surface area contributed by atoms with Gasteiger partial charge >= 0.3 is 6.18 Å². The molecule has 2 aliphatic heterocycles. The Hall–Kier alpha value is -5.13. The molecule has 0 atom stereocenters. The average molecular weight is 560 g/mol. The minimum absolute atomic E-state index is 0.237. The first kappa shape index (κ1) is 26.1. The summed E-state index contributed by atoms with van der Waals surface area (Å²) in [4.78, 5) is 32.2. The summed E-state index contributed by atoms with van der Waals surface area (Å²) in [5.74, 6) is 0.347. The molecule has 4 aromatic rings. The largest absolute Gasteiger partial charge is 0.416 e. The Morgan fingerprint density at radius 3 is 2.68 bits per heavy atom. The van der Waals surface area contributed by atoms with Gasteiger partial charge in [0.05, 0.1) is 17.8 Å². The van der Waals surface area contributed by atoms with Crippen LogP contribution in [0.3, 0.4) is 0 Å². The highest BCUT2D eigenvalue weighted by atomic mass is 19.4. The summed E-state index contributed by atoms with van der Waals surface area (Å²) in [7, 11) is 0. The number of benzene rings is 2. The fourth-order valence-corrected chi connectivity index (χ4v) is 4.66. The third-order valence-electron chi connectivity index (χ3n) is 6.66. The Kier molecular flexibility index (Phi) is 6.45. The van der Waals surface area contributed by atoms with Crippen molar-refractivity contribution in [3.05, 3.63) is 101 Å². The van der Waals surface area contributed by atoms with Gasteiger partial charge in [-0.1, -0.05) is 18.2 Å². The fourth-order valence-electron chi connectivity index (χ4n) is 4.66. The van der Waals surface area contributed by atoms with Crippen LogP contribution in [0.4, 0.5) is 40.7 Å². The number of amidine groups is 1. The second kappa shape index (κ2) is 10.1. The molecule has 2 aliphatic rings. The number of alkyl halides is 3. The van der Waals surface area contributed by atoms with E-state index in [1.54, 1.807) is 42.6 Å². The lowest BCUT2D eigenvalue weighted by molar-refractivity contribution is -0.137. The van der Waals surface area contributed by atoms with Gasteiger partial charge in [0, 0.05) is 35.8 Å². The molecule has 0 spiro atoms. The van der Waals surface area contributed by atoms with Crippen LogP contribution < -0.4 is 15.5 Å². The predicted octanol–water partition coefficient (Wildman–Crippen LogP) is 6.11. The van der Waals surface area contributed by atoms with Crippen LogP contribution in [0, 0.1) is 12.7 Å². The zero-order chi connectivity index (χ0) is 28.7. The summed E-state index contributed by atoms with van der Waals surface area (Å²) in [6.45, 7) is 3.01. The van der Waals surface area contributed by atoms with Gasteiger partial charge in [-0.2, -0.15) is 18.2 Å². The van der Waals surface area contributed by atoms with Crippen molar-refractivity contribution in [3.63, 3.8) is 0 Å². The lowest BCUT2D eigenvalue weighted by Gasteiger charge is -2.28. The molecule has 0 saturated carbocycles. The molecule has 0 unspecified atom stereocenters. The molecule has 12 heteroatoms. The third kappa shape index (κ3) is 5.11. The minimum atomic E-state index is -4.59. The number of hydrogen-bond donors (Lipinski definition) is 2. The predicted molar refractivity (Wildman–Crippen MR) is 148 cm³/mol. The van der Waals surface area contributed by atoms with Crippen LogP contribution in [-0.4, -0.2) is 39.8 Å². The van der Waals surface area contributed by atoms with Gasteiger partial charge in [0.1, 0.15) is 23.2 Å². The molecule has 0 bridgehead atoms. The fraction of sp³-hybridized carbons (Fsp3) is 0.138. The van der Waals surface area contributed by atoms with Crippen LogP contribution in [0.25, 0.3) is 11.6 Å². The minimum Gasteiger partial charge on any atom is -0.322 e. The molecule has 2 N–H and O–H groups in total. The van der Waals surface area contributed by atoms with Gasteiger partial charge in [-0.15, -0.1) is 0 Å².